The molecule has 0 spiro atoms. The van der Waals surface area contributed by atoms with Gasteiger partial charge in [0.2, 0.25) is 0 Å². The second kappa shape index (κ2) is 6.35. The zero-order valence-electron chi connectivity index (χ0n) is 9.08. The van der Waals surface area contributed by atoms with E-state index in [0.717, 1.165) is 0 Å². The van der Waals surface area contributed by atoms with E-state index >= 15 is 0 Å². The maximum atomic E-state index is 11.4. The quantitative estimate of drug-likeness (QED) is 0.484. The van der Waals surface area contributed by atoms with Crippen LogP contribution in [0.1, 0.15) is 27.2 Å². The number of hydrogen-bond donors (Lipinski definition) is 0. The van der Waals surface area contributed by atoms with Crippen LogP contribution < -0.4 is 0 Å². The predicted octanol–water partition coefficient (Wildman–Crippen LogP) is 1.97. The molecular formula is C11H18O3. The summed E-state index contributed by atoms with van der Waals surface area (Å²) >= 11 is 0. The molecule has 3 heteroatoms. The van der Waals surface area contributed by atoms with Crippen molar-refractivity contribution in [3.8, 4) is 0 Å². The van der Waals surface area contributed by atoms with E-state index in [1.165, 1.54) is 6.92 Å². The first-order valence-electron chi connectivity index (χ1n) is 4.82. The SMILES string of the molecule is C=CC[C@H](C(C)=O)[C@@H](C)C(=O)OCC. The monoisotopic (exact) mass is 198 g/mol. The molecule has 0 aromatic heterocycles. The van der Waals surface area contributed by atoms with Crippen molar-refractivity contribution in [3.05, 3.63) is 12.7 Å². The number of rotatable bonds is 6. The van der Waals surface area contributed by atoms with E-state index in [1.807, 2.05) is 0 Å². The molecule has 0 unspecified atom stereocenters. The lowest BCUT2D eigenvalue weighted by atomic mass is 9.88. The molecule has 0 rings (SSSR count). The van der Waals surface area contributed by atoms with Gasteiger partial charge in [0.1, 0.15) is 5.78 Å². The largest absolute Gasteiger partial charge is 0.466 e. The summed E-state index contributed by atoms with van der Waals surface area (Å²) in [6, 6.07) is 0. The molecule has 0 aliphatic heterocycles. The van der Waals surface area contributed by atoms with Crippen molar-refractivity contribution >= 4 is 11.8 Å². The highest BCUT2D eigenvalue weighted by molar-refractivity contribution is 5.85. The Kier molecular flexibility index (Phi) is 5.84. The molecule has 0 saturated heterocycles. The number of hydrogen-bond acceptors (Lipinski definition) is 3. The molecule has 0 amide bonds. The molecule has 0 heterocycles. The topological polar surface area (TPSA) is 43.4 Å². The summed E-state index contributed by atoms with van der Waals surface area (Å²) in [4.78, 5) is 22.6. The van der Waals surface area contributed by atoms with Crippen LogP contribution >= 0.6 is 0 Å². The zero-order chi connectivity index (χ0) is 11.1. The van der Waals surface area contributed by atoms with Crippen molar-refractivity contribution in [1.29, 1.82) is 0 Å². The van der Waals surface area contributed by atoms with Gasteiger partial charge >= 0.3 is 5.97 Å². The minimum Gasteiger partial charge on any atom is -0.466 e. The van der Waals surface area contributed by atoms with Gasteiger partial charge < -0.3 is 4.74 Å². The Bertz CT molecular complexity index is 221. The first kappa shape index (κ1) is 12.9. The molecule has 0 radical (unpaired) electrons. The molecule has 0 bridgehead atoms. The molecule has 0 aromatic carbocycles. The van der Waals surface area contributed by atoms with E-state index in [9.17, 15) is 9.59 Å². The van der Waals surface area contributed by atoms with Gasteiger partial charge in [-0.2, -0.15) is 0 Å². The van der Waals surface area contributed by atoms with E-state index in [-0.39, 0.29) is 23.6 Å². The van der Waals surface area contributed by atoms with Crippen molar-refractivity contribution in [2.75, 3.05) is 6.61 Å². The Hall–Kier alpha value is -1.12. The third-order valence-corrected chi connectivity index (χ3v) is 2.20. The van der Waals surface area contributed by atoms with Crippen LogP contribution in [0.5, 0.6) is 0 Å². The lowest BCUT2D eigenvalue weighted by Gasteiger charge is -2.18. The zero-order valence-corrected chi connectivity index (χ0v) is 9.08. The Morgan fingerprint density at radius 2 is 2.07 bits per heavy atom. The lowest BCUT2D eigenvalue weighted by Crippen LogP contribution is -2.27. The number of Topliss-reactive ketones (excluding diaryl/α,β-unsaturated/α-hetero) is 1. The van der Waals surface area contributed by atoms with Crippen LogP contribution in [-0.2, 0) is 14.3 Å². The Morgan fingerprint density at radius 3 is 2.43 bits per heavy atom. The summed E-state index contributed by atoms with van der Waals surface area (Å²) in [5, 5.41) is 0. The molecule has 80 valence electrons. The highest BCUT2D eigenvalue weighted by Crippen LogP contribution is 2.18. The molecule has 14 heavy (non-hydrogen) atoms. The Labute approximate surface area is 85.1 Å². The van der Waals surface area contributed by atoms with Crippen molar-refractivity contribution in [3.63, 3.8) is 0 Å². The van der Waals surface area contributed by atoms with Gasteiger partial charge in [-0.15, -0.1) is 6.58 Å². The summed E-state index contributed by atoms with van der Waals surface area (Å²) in [7, 11) is 0. The van der Waals surface area contributed by atoms with Crippen molar-refractivity contribution in [2.45, 2.75) is 27.2 Å². The van der Waals surface area contributed by atoms with Crippen LogP contribution in [0.25, 0.3) is 0 Å². The van der Waals surface area contributed by atoms with Crippen molar-refractivity contribution in [1.82, 2.24) is 0 Å². The average molecular weight is 198 g/mol. The fourth-order valence-corrected chi connectivity index (χ4v) is 1.34. The first-order chi connectivity index (χ1) is 6.54. The third kappa shape index (κ3) is 3.73. The Morgan fingerprint density at radius 1 is 1.50 bits per heavy atom. The summed E-state index contributed by atoms with van der Waals surface area (Å²) in [6.45, 7) is 8.87. The van der Waals surface area contributed by atoms with Gasteiger partial charge in [0.25, 0.3) is 0 Å². The standard InChI is InChI=1S/C11H18O3/c1-5-7-10(9(4)12)8(3)11(13)14-6-2/h5,8,10H,1,6-7H2,2-4H3/t8-,10+/m1/s1. The number of ether oxygens (including phenoxy) is 1. The predicted molar refractivity (Wildman–Crippen MR) is 54.8 cm³/mol. The normalized spacial score (nSPS) is 14.2. The molecular weight excluding hydrogens is 180 g/mol. The highest BCUT2D eigenvalue weighted by Gasteiger charge is 2.27. The summed E-state index contributed by atoms with van der Waals surface area (Å²) < 4.78 is 4.86. The maximum absolute atomic E-state index is 11.4. The van der Waals surface area contributed by atoms with Gasteiger partial charge in [0.05, 0.1) is 12.5 Å². The molecule has 0 N–H and O–H groups in total. The second-order valence-electron chi connectivity index (χ2n) is 3.28. The number of ketones is 1. The number of esters is 1. The smallest absolute Gasteiger partial charge is 0.309 e. The fraction of sp³-hybridized carbons (Fsp3) is 0.636. The van der Waals surface area contributed by atoms with Crippen LogP contribution in [0.4, 0.5) is 0 Å². The average Bonchev–Trinajstić information content (AvgIpc) is 2.13. The van der Waals surface area contributed by atoms with Crippen molar-refractivity contribution < 1.29 is 14.3 Å². The van der Waals surface area contributed by atoms with E-state index in [4.69, 9.17) is 4.74 Å². The summed E-state index contributed by atoms with van der Waals surface area (Å²) in [5.74, 6) is -0.989. The Balaban J connectivity index is 4.41. The van der Waals surface area contributed by atoms with Gasteiger partial charge in [-0.25, -0.2) is 0 Å². The van der Waals surface area contributed by atoms with Gasteiger partial charge in [-0.1, -0.05) is 13.0 Å². The summed E-state index contributed by atoms with van der Waals surface area (Å²) in [5.41, 5.74) is 0. The fourth-order valence-electron chi connectivity index (χ4n) is 1.34. The molecule has 3 nitrogen and oxygen atoms in total. The minimum atomic E-state index is -0.384. The van der Waals surface area contributed by atoms with Gasteiger partial charge in [0.15, 0.2) is 0 Å². The van der Waals surface area contributed by atoms with E-state index in [0.29, 0.717) is 13.0 Å². The van der Waals surface area contributed by atoms with Gasteiger partial charge in [-0.05, 0) is 20.3 Å². The van der Waals surface area contributed by atoms with Crippen LogP contribution in [0, 0.1) is 11.8 Å². The molecule has 0 aromatic rings. The van der Waals surface area contributed by atoms with Gasteiger partial charge in [-0.3, -0.25) is 9.59 Å². The van der Waals surface area contributed by atoms with E-state index < -0.39 is 0 Å². The highest BCUT2D eigenvalue weighted by atomic mass is 16.5. The van der Waals surface area contributed by atoms with E-state index in [2.05, 4.69) is 6.58 Å². The van der Waals surface area contributed by atoms with Crippen LogP contribution in [0.15, 0.2) is 12.7 Å². The molecule has 2 atom stereocenters. The number of carbonyl (C=O) groups is 2. The lowest BCUT2D eigenvalue weighted by molar-refractivity contribution is -0.151. The number of carbonyl (C=O) groups excluding carboxylic acids is 2. The van der Waals surface area contributed by atoms with Gasteiger partial charge in [0, 0.05) is 5.92 Å². The molecule has 0 fully saturated rings. The second-order valence-corrected chi connectivity index (χ2v) is 3.28. The molecule has 0 aliphatic rings. The third-order valence-electron chi connectivity index (χ3n) is 2.20. The first-order valence-corrected chi connectivity index (χ1v) is 4.82. The number of allylic oxidation sites excluding steroid dienone is 1. The van der Waals surface area contributed by atoms with Crippen LogP contribution in [0.2, 0.25) is 0 Å². The molecule has 0 aliphatic carbocycles. The van der Waals surface area contributed by atoms with Crippen LogP contribution in [-0.4, -0.2) is 18.4 Å². The van der Waals surface area contributed by atoms with E-state index in [1.54, 1.807) is 19.9 Å². The van der Waals surface area contributed by atoms with Crippen molar-refractivity contribution in [2.24, 2.45) is 11.8 Å². The minimum absolute atomic E-state index is 0.00505. The maximum Gasteiger partial charge on any atom is 0.309 e. The van der Waals surface area contributed by atoms with Crippen LogP contribution in [0.3, 0.4) is 0 Å². The summed E-state index contributed by atoms with van der Waals surface area (Å²) in [6.07, 6.45) is 2.18. The molecule has 0 saturated carbocycles.